The van der Waals surface area contributed by atoms with Crippen molar-refractivity contribution >= 4 is 15.9 Å². The second-order valence-corrected chi connectivity index (χ2v) is 8.69. The van der Waals surface area contributed by atoms with Crippen LogP contribution in [-0.4, -0.2) is 52.0 Å². The van der Waals surface area contributed by atoms with Gasteiger partial charge < -0.3 is 14.8 Å². The Hall–Kier alpha value is -2.42. The normalized spacial score (nSPS) is 16.2. The van der Waals surface area contributed by atoms with Crippen molar-refractivity contribution in [2.24, 2.45) is 0 Å². The molecule has 0 radical (unpaired) electrons. The SMILES string of the molecule is CCC(NC(=O)c1ccc(S(=O)(=O)N2CCOCC2)cc1)c1ccc(OC)cc1. The summed E-state index contributed by atoms with van der Waals surface area (Å²) in [5.41, 5.74) is 1.39. The average Bonchev–Trinajstić information content (AvgIpc) is 2.78. The summed E-state index contributed by atoms with van der Waals surface area (Å²) in [5, 5.41) is 3.00. The number of carbonyl (C=O) groups excluding carboxylic acids is 1. The van der Waals surface area contributed by atoms with E-state index in [-0.39, 0.29) is 16.8 Å². The Morgan fingerprint density at radius 2 is 1.72 bits per heavy atom. The van der Waals surface area contributed by atoms with Crippen molar-refractivity contribution in [3.8, 4) is 5.75 Å². The number of rotatable bonds is 7. The van der Waals surface area contributed by atoms with E-state index in [0.29, 0.717) is 31.9 Å². The van der Waals surface area contributed by atoms with Crippen LogP contribution in [-0.2, 0) is 14.8 Å². The molecule has 8 heteroatoms. The summed E-state index contributed by atoms with van der Waals surface area (Å²) in [6.45, 7) is 3.45. The second-order valence-electron chi connectivity index (χ2n) is 6.75. The van der Waals surface area contributed by atoms with E-state index in [4.69, 9.17) is 9.47 Å². The second kappa shape index (κ2) is 9.39. The van der Waals surface area contributed by atoms with Gasteiger partial charge in [-0.15, -0.1) is 0 Å². The number of sulfonamides is 1. The molecule has 1 aliphatic heterocycles. The standard InChI is InChI=1S/C21H26N2O5S/c1-3-20(16-4-8-18(27-2)9-5-16)22-21(24)17-6-10-19(11-7-17)29(25,26)23-12-14-28-15-13-23/h4-11,20H,3,12-15H2,1-2H3,(H,22,24). The molecule has 1 heterocycles. The Bertz CT molecular complexity index is 921. The zero-order valence-electron chi connectivity index (χ0n) is 16.6. The van der Waals surface area contributed by atoms with Gasteiger partial charge >= 0.3 is 0 Å². The van der Waals surface area contributed by atoms with Crippen LogP contribution >= 0.6 is 0 Å². The number of ether oxygens (including phenoxy) is 2. The van der Waals surface area contributed by atoms with Crippen LogP contribution in [0.1, 0.15) is 35.3 Å². The molecule has 0 spiro atoms. The first-order valence-electron chi connectivity index (χ1n) is 9.58. The molecule has 1 atom stereocenters. The molecule has 0 aliphatic carbocycles. The number of methoxy groups -OCH3 is 1. The molecule has 2 aromatic carbocycles. The van der Waals surface area contributed by atoms with E-state index in [1.165, 1.54) is 16.4 Å². The smallest absolute Gasteiger partial charge is 0.251 e. The van der Waals surface area contributed by atoms with Gasteiger partial charge in [-0.05, 0) is 48.4 Å². The maximum absolute atomic E-state index is 12.7. The van der Waals surface area contributed by atoms with Crippen molar-refractivity contribution in [3.63, 3.8) is 0 Å². The monoisotopic (exact) mass is 418 g/mol. The first-order chi connectivity index (χ1) is 14.0. The highest BCUT2D eigenvalue weighted by molar-refractivity contribution is 7.89. The van der Waals surface area contributed by atoms with Crippen molar-refractivity contribution in [2.45, 2.75) is 24.3 Å². The Morgan fingerprint density at radius 3 is 2.28 bits per heavy atom. The quantitative estimate of drug-likeness (QED) is 0.747. The van der Waals surface area contributed by atoms with Crippen molar-refractivity contribution in [1.29, 1.82) is 0 Å². The maximum atomic E-state index is 12.7. The highest BCUT2D eigenvalue weighted by Gasteiger charge is 2.26. The Kier molecular flexibility index (Phi) is 6.89. The zero-order valence-corrected chi connectivity index (χ0v) is 17.4. The van der Waals surface area contributed by atoms with Crippen LogP contribution in [0.2, 0.25) is 0 Å². The molecular weight excluding hydrogens is 392 g/mol. The number of nitrogens with one attached hydrogen (secondary N) is 1. The van der Waals surface area contributed by atoms with Gasteiger partial charge in [-0.25, -0.2) is 8.42 Å². The minimum absolute atomic E-state index is 0.148. The van der Waals surface area contributed by atoms with E-state index >= 15 is 0 Å². The number of hydrogen-bond acceptors (Lipinski definition) is 5. The number of amides is 1. The van der Waals surface area contributed by atoms with Gasteiger partial charge in [0.15, 0.2) is 0 Å². The van der Waals surface area contributed by atoms with Gasteiger partial charge in [-0.2, -0.15) is 4.31 Å². The van der Waals surface area contributed by atoms with Crippen LogP contribution in [0.4, 0.5) is 0 Å². The van der Waals surface area contributed by atoms with Crippen molar-refractivity contribution in [2.75, 3.05) is 33.4 Å². The summed E-state index contributed by atoms with van der Waals surface area (Å²) < 4.78 is 37.2. The van der Waals surface area contributed by atoms with Crippen molar-refractivity contribution < 1.29 is 22.7 Å². The highest BCUT2D eigenvalue weighted by atomic mass is 32.2. The predicted octanol–water partition coefficient (Wildman–Crippen LogP) is 2.60. The fourth-order valence-corrected chi connectivity index (χ4v) is 4.62. The van der Waals surface area contributed by atoms with Gasteiger partial charge in [-0.1, -0.05) is 19.1 Å². The van der Waals surface area contributed by atoms with Crippen LogP contribution in [0.15, 0.2) is 53.4 Å². The minimum atomic E-state index is -3.57. The lowest BCUT2D eigenvalue weighted by Crippen LogP contribution is -2.40. The summed E-state index contributed by atoms with van der Waals surface area (Å²) >= 11 is 0. The van der Waals surface area contributed by atoms with Gasteiger partial charge in [0.25, 0.3) is 5.91 Å². The Balaban J connectivity index is 1.70. The molecule has 29 heavy (non-hydrogen) atoms. The molecule has 1 aliphatic rings. The number of benzene rings is 2. The van der Waals surface area contributed by atoms with Gasteiger partial charge in [-0.3, -0.25) is 4.79 Å². The molecule has 1 fully saturated rings. The fraction of sp³-hybridized carbons (Fsp3) is 0.381. The molecule has 1 amide bonds. The molecule has 1 N–H and O–H groups in total. The molecule has 156 valence electrons. The molecule has 0 bridgehead atoms. The minimum Gasteiger partial charge on any atom is -0.497 e. The highest BCUT2D eigenvalue weighted by Crippen LogP contribution is 2.22. The molecular formula is C21H26N2O5S. The van der Waals surface area contributed by atoms with Crippen LogP contribution in [0.3, 0.4) is 0 Å². The van der Waals surface area contributed by atoms with E-state index in [1.807, 2.05) is 31.2 Å². The molecule has 7 nitrogen and oxygen atoms in total. The molecule has 0 saturated carbocycles. The first-order valence-corrected chi connectivity index (χ1v) is 11.0. The van der Waals surface area contributed by atoms with E-state index < -0.39 is 10.0 Å². The van der Waals surface area contributed by atoms with Crippen LogP contribution in [0.25, 0.3) is 0 Å². The van der Waals surface area contributed by atoms with E-state index in [1.54, 1.807) is 19.2 Å². The largest absolute Gasteiger partial charge is 0.497 e. The zero-order chi connectivity index (χ0) is 20.9. The lowest BCUT2D eigenvalue weighted by Gasteiger charge is -2.26. The lowest BCUT2D eigenvalue weighted by atomic mass is 10.0. The summed E-state index contributed by atoms with van der Waals surface area (Å²) in [6.07, 6.45) is 0.724. The third-order valence-corrected chi connectivity index (χ3v) is 6.87. The van der Waals surface area contributed by atoms with Crippen LogP contribution in [0.5, 0.6) is 5.75 Å². The first kappa shape index (κ1) is 21.3. The lowest BCUT2D eigenvalue weighted by molar-refractivity contribution is 0.0730. The Morgan fingerprint density at radius 1 is 1.10 bits per heavy atom. The van der Waals surface area contributed by atoms with Gasteiger partial charge in [0, 0.05) is 18.7 Å². The van der Waals surface area contributed by atoms with Gasteiger partial charge in [0.05, 0.1) is 31.3 Å². The summed E-state index contributed by atoms with van der Waals surface area (Å²) in [7, 11) is -1.96. The molecule has 2 aromatic rings. The van der Waals surface area contributed by atoms with Crippen molar-refractivity contribution in [1.82, 2.24) is 9.62 Å². The fourth-order valence-electron chi connectivity index (χ4n) is 3.21. The third kappa shape index (κ3) is 4.95. The predicted molar refractivity (Wildman–Crippen MR) is 110 cm³/mol. The van der Waals surface area contributed by atoms with Gasteiger partial charge in [0.2, 0.25) is 10.0 Å². The average molecular weight is 419 g/mol. The number of nitrogens with zero attached hydrogens (tertiary/aromatic N) is 1. The molecule has 1 saturated heterocycles. The summed E-state index contributed by atoms with van der Waals surface area (Å²) in [4.78, 5) is 12.8. The third-order valence-electron chi connectivity index (χ3n) is 4.96. The van der Waals surface area contributed by atoms with Crippen molar-refractivity contribution in [3.05, 3.63) is 59.7 Å². The topological polar surface area (TPSA) is 84.9 Å². The Labute approximate surface area is 171 Å². The molecule has 3 rings (SSSR count). The summed E-state index contributed by atoms with van der Waals surface area (Å²) in [6, 6.07) is 13.5. The van der Waals surface area contributed by atoms with Crippen LogP contribution in [0, 0.1) is 0 Å². The van der Waals surface area contributed by atoms with E-state index in [9.17, 15) is 13.2 Å². The summed E-state index contributed by atoms with van der Waals surface area (Å²) in [5.74, 6) is 0.509. The molecule has 0 aromatic heterocycles. The van der Waals surface area contributed by atoms with E-state index in [0.717, 1.165) is 17.7 Å². The molecule has 1 unspecified atom stereocenters. The number of hydrogen-bond donors (Lipinski definition) is 1. The maximum Gasteiger partial charge on any atom is 0.251 e. The number of morpholine rings is 1. The van der Waals surface area contributed by atoms with Gasteiger partial charge in [0.1, 0.15) is 5.75 Å². The van der Waals surface area contributed by atoms with E-state index in [2.05, 4.69) is 5.32 Å². The number of carbonyl (C=O) groups is 1. The van der Waals surface area contributed by atoms with Crippen LogP contribution < -0.4 is 10.1 Å².